The van der Waals surface area contributed by atoms with Crippen LogP contribution >= 0.6 is 0 Å². The maximum absolute atomic E-state index is 8.45. The number of halogens is 1. The van der Waals surface area contributed by atoms with E-state index < -0.39 is 0 Å². The molecule has 2 aromatic heterocycles. The molecule has 0 spiro atoms. The molecular formula is C11H10ClN5. The van der Waals surface area contributed by atoms with Crippen molar-refractivity contribution in [1.82, 2.24) is 15.1 Å². The number of hydrogen-bond acceptors (Lipinski definition) is 4. The summed E-state index contributed by atoms with van der Waals surface area (Å²) in [4.78, 5) is 8.26. The van der Waals surface area contributed by atoms with Gasteiger partial charge in [-0.15, -0.1) is 0 Å². The largest absolute Gasteiger partial charge is 1.00 e. The summed E-state index contributed by atoms with van der Waals surface area (Å²) in [7, 11) is 0. The Labute approximate surface area is 105 Å². The van der Waals surface area contributed by atoms with Gasteiger partial charge in [-0.05, 0) is 11.2 Å². The zero-order valence-corrected chi connectivity index (χ0v) is 9.75. The average Bonchev–Trinajstić information content (AvgIpc) is 2.38. The van der Waals surface area contributed by atoms with E-state index >= 15 is 0 Å². The van der Waals surface area contributed by atoms with E-state index in [1.807, 2.05) is 12.3 Å². The van der Waals surface area contributed by atoms with E-state index in [0.29, 0.717) is 18.8 Å². The molecule has 0 bridgehead atoms. The molecule has 0 aromatic carbocycles. The molecule has 2 rings (SSSR count). The van der Waals surface area contributed by atoms with Crippen LogP contribution in [0, 0.1) is 11.3 Å². The van der Waals surface area contributed by atoms with Crippen LogP contribution in [0.1, 0.15) is 6.42 Å². The fraction of sp³-hybridized carbons (Fsp3) is 0.182. The lowest BCUT2D eigenvalue weighted by Crippen LogP contribution is -3.00. The fourth-order valence-corrected chi connectivity index (χ4v) is 1.26. The van der Waals surface area contributed by atoms with E-state index in [2.05, 4.69) is 21.1 Å². The molecule has 0 aliphatic carbocycles. The molecule has 17 heavy (non-hydrogen) atoms. The first kappa shape index (κ1) is 13.0. The number of aromatic nitrogens is 4. The zero-order valence-electron chi connectivity index (χ0n) is 8.99. The first-order chi connectivity index (χ1) is 7.90. The maximum Gasteiger partial charge on any atom is 0.197 e. The minimum Gasteiger partial charge on any atom is -1.00 e. The highest BCUT2D eigenvalue weighted by atomic mass is 35.5. The predicted octanol–water partition coefficient (Wildman–Crippen LogP) is -2.26. The summed E-state index contributed by atoms with van der Waals surface area (Å²) in [6, 6.07) is 5.74. The smallest absolute Gasteiger partial charge is 0.197 e. The summed E-state index contributed by atoms with van der Waals surface area (Å²) in [6.07, 6.45) is 7.37. The maximum atomic E-state index is 8.45. The van der Waals surface area contributed by atoms with Gasteiger partial charge >= 0.3 is 0 Å². The summed E-state index contributed by atoms with van der Waals surface area (Å²) in [5, 5.41) is 12.6. The van der Waals surface area contributed by atoms with Gasteiger partial charge in [-0.2, -0.15) is 5.26 Å². The number of rotatable bonds is 3. The van der Waals surface area contributed by atoms with Crippen LogP contribution in [0.3, 0.4) is 0 Å². The highest BCUT2D eigenvalue weighted by molar-refractivity contribution is 5.51. The SMILES string of the molecule is N#CCC[n+]1ccc(-c2ncccn2)cn1.[Cl-]. The van der Waals surface area contributed by atoms with Crippen LogP contribution in [-0.2, 0) is 6.54 Å². The number of aryl methyl sites for hydroxylation is 1. The molecule has 2 heterocycles. The number of nitrogens with zero attached hydrogens (tertiary/aromatic N) is 5. The molecule has 2 aromatic rings. The van der Waals surface area contributed by atoms with Crippen molar-refractivity contribution in [1.29, 1.82) is 5.26 Å². The van der Waals surface area contributed by atoms with E-state index in [-0.39, 0.29) is 12.4 Å². The highest BCUT2D eigenvalue weighted by Crippen LogP contribution is 2.08. The normalized spacial score (nSPS) is 9.12. The molecule has 6 heteroatoms. The van der Waals surface area contributed by atoms with Crippen LogP contribution in [0.15, 0.2) is 36.9 Å². The van der Waals surface area contributed by atoms with Gasteiger partial charge in [0.2, 0.25) is 0 Å². The van der Waals surface area contributed by atoms with E-state index in [4.69, 9.17) is 5.26 Å². The Morgan fingerprint density at radius 2 is 2.06 bits per heavy atom. The molecule has 0 saturated carbocycles. The van der Waals surface area contributed by atoms with E-state index in [9.17, 15) is 0 Å². The topological polar surface area (TPSA) is 66.3 Å². The molecule has 5 nitrogen and oxygen atoms in total. The molecule has 0 aliphatic rings. The van der Waals surface area contributed by atoms with Crippen LogP contribution in [0.4, 0.5) is 0 Å². The summed E-state index contributed by atoms with van der Waals surface area (Å²) in [5.74, 6) is 0.655. The van der Waals surface area contributed by atoms with Gasteiger partial charge < -0.3 is 12.4 Å². The van der Waals surface area contributed by atoms with Gasteiger partial charge in [0, 0.05) is 24.0 Å². The van der Waals surface area contributed by atoms with E-state index in [1.54, 1.807) is 29.3 Å². The molecule has 0 unspecified atom stereocenters. The lowest BCUT2D eigenvalue weighted by atomic mass is 10.3. The van der Waals surface area contributed by atoms with Gasteiger partial charge in [-0.1, -0.05) is 4.68 Å². The number of hydrogen-bond donors (Lipinski definition) is 0. The van der Waals surface area contributed by atoms with E-state index in [1.165, 1.54) is 0 Å². The van der Waals surface area contributed by atoms with Crippen molar-refractivity contribution in [3.63, 3.8) is 0 Å². The van der Waals surface area contributed by atoms with Gasteiger partial charge in [-0.25, -0.2) is 9.97 Å². The van der Waals surface area contributed by atoms with Crippen LogP contribution in [0.5, 0.6) is 0 Å². The second-order valence-electron chi connectivity index (χ2n) is 3.16. The Morgan fingerprint density at radius 1 is 1.29 bits per heavy atom. The van der Waals surface area contributed by atoms with Crippen molar-refractivity contribution in [2.75, 3.05) is 0 Å². The quantitative estimate of drug-likeness (QED) is 0.575. The Hall–Kier alpha value is -2.06. The third-order valence-electron chi connectivity index (χ3n) is 2.05. The van der Waals surface area contributed by atoms with Crippen molar-refractivity contribution in [3.8, 4) is 17.5 Å². The average molecular weight is 248 g/mol. The molecule has 0 saturated heterocycles. The summed E-state index contributed by atoms with van der Waals surface area (Å²) in [6.45, 7) is 0.604. The summed E-state index contributed by atoms with van der Waals surface area (Å²) < 4.78 is 1.72. The van der Waals surface area contributed by atoms with Crippen LogP contribution in [-0.4, -0.2) is 15.1 Å². The molecule has 0 fully saturated rings. The molecule has 0 radical (unpaired) electrons. The number of nitriles is 1. The Morgan fingerprint density at radius 3 is 2.65 bits per heavy atom. The standard InChI is InChI=1S/C11H10N5.ClH/c12-4-1-7-16-8-3-10(9-15-16)11-13-5-2-6-14-11;/h2-3,5-6,8-9H,1,7H2;1H/q+1;/p-1. The van der Waals surface area contributed by atoms with Crippen molar-refractivity contribution >= 4 is 0 Å². The summed E-state index contributed by atoms with van der Waals surface area (Å²) >= 11 is 0. The van der Waals surface area contributed by atoms with Crippen LogP contribution in [0.25, 0.3) is 11.4 Å². The molecule has 0 atom stereocenters. The molecule has 0 N–H and O–H groups in total. The lowest BCUT2D eigenvalue weighted by Gasteiger charge is -1.96. The predicted molar refractivity (Wildman–Crippen MR) is 55.7 cm³/mol. The lowest BCUT2D eigenvalue weighted by molar-refractivity contribution is -0.752. The minimum atomic E-state index is 0. The van der Waals surface area contributed by atoms with Gasteiger partial charge in [0.05, 0.1) is 12.5 Å². The van der Waals surface area contributed by atoms with Gasteiger partial charge in [0.1, 0.15) is 6.20 Å². The second kappa shape index (κ2) is 6.51. The summed E-state index contributed by atoms with van der Waals surface area (Å²) in [5.41, 5.74) is 0.869. The minimum absolute atomic E-state index is 0. The fourth-order valence-electron chi connectivity index (χ4n) is 1.26. The van der Waals surface area contributed by atoms with Crippen LogP contribution in [0.2, 0.25) is 0 Å². The Bertz CT molecular complexity index is 492. The molecule has 86 valence electrons. The van der Waals surface area contributed by atoms with Crippen LogP contribution < -0.4 is 17.1 Å². The Balaban J connectivity index is 0.00000144. The molecular weight excluding hydrogens is 238 g/mol. The third-order valence-corrected chi connectivity index (χ3v) is 2.05. The van der Waals surface area contributed by atoms with Crippen molar-refractivity contribution < 1.29 is 17.1 Å². The molecule has 0 aliphatic heterocycles. The third kappa shape index (κ3) is 3.47. The zero-order chi connectivity index (χ0) is 11.2. The van der Waals surface area contributed by atoms with Gasteiger partial charge in [-0.3, -0.25) is 0 Å². The van der Waals surface area contributed by atoms with Gasteiger partial charge in [0.25, 0.3) is 0 Å². The highest BCUT2D eigenvalue weighted by Gasteiger charge is 2.05. The van der Waals surface area contributed by atoms with E-state index in [0.717, 1.165) is 5.56 Å². The first-order valence-corrected chi connectivity index (χ1v) is 4.90. The van der Waals surface area contributed by atoms with Crippen molar-refractivity contribution in [2.24, 2.45) is 0 Å². The van der Waals surface area contributed by atoms with Crippen molar-refractivity contribution in [3.05, 3.63) is 36.9 Å². The van der Waals surface area contributed by atoms with Crippen molar-refractivity contribution in [2.45, 2.75) is 13.0 Å². The first-order valence-electron chi connectivity index (χ1n) is 4.90. The molecule has 0 amide bonds. The van der Waals surface area contributed by atoms with Gasteiger partial charge in [0.15, 0.2) is 18.6 Å². The second-order valence-corrected chi connectivity index (χ2v) is 3.16. The Kier molecular flexibility index (Phi) is 4.98. The monoisotopic (exact) mass is 247 g/mol.